The number of hydrogen-bond donors (Lipinski definition) is 1. The maximum absolute atomic E-state index is 12.7. The van der Waals surface area contributed by atoms with Crippen LogP contribution in [0.1, 0.15) is 44.9 Å². The average molecular weight is 373 g/mol. The fourth-order valence-corrected chi connectivity index (χ4v) is 3.60. The van der Waals surface area contributed by atoms with Gasteiger partial charge in [0, 0.05) is 25.1 Å². The number of fused-ring (bicyclic) bond motifs is 1. The predicted octanol–water partition coefficient (Wildman–Crippen LogP) is 2.64. The van der Waals surface area contributed by atoms with Crippen LogP contribution in [0.2, 0.25) is 0 Å². The van der Waals surface area contributed by atoms with Gasteiger partial charge < -0.3 is 14.8 Å². The largest absolute Gasteiger partial charge is 0.493 e. The molecular formula is C20H27N3O4. The Morgan fingerprint density at radius 3 is 2.59 bits per heavy atom. The number of carbonyl (C=O) groups excluding carboxylic acids is 1. The van der Waals surface area contributed by atoms with Crippen molar-refractivity contribution in [1.82, 2.24) is 14.9 Å². The number of methoxy groups -OCH3 is 2. The van der Waals surface area contributed by atoms with Gasteiger partial charge in [0.25, 0.3) is 5.56 Å². The molecule has 1 amide bonds. The zero-order valence-corrected chi connectivity index (χ0v) is 16.0. The Bertz CT molecular complexity index is 856. The van der Waals surface area contributed by atoms with Gasteiger partial charge >= 0.3 is 0 Å². The maximum atomic E-state index is 12.7. The maximum Gasteiger partial charge on any atom is 0.261 e. The fraction of sp³-hybridized carbons (Fsp3) is 0.550. The van der Waals surface area contributed by atoms with Gasteiger partial charge in [0.15, 0.2) is 11.5 Å². The molecule has 0 unspecified atom stereocenters. The number of aryl methyl sites for hydroxylation is 1. The molecular weight excluding hydrogens is 346 g/mol. The Morgan fingerprint density at radius 2 is 1.89 bits per heavy atom. The molecule has 3 rings (SSSR count). The van der Waals surface area contributed by atoms with E-state index in [2.05, 4.69) is 10.3 Å². The van der Waals surface area contributed by atoms with Crippen LogP contribution in [0.25, 0.3) is 10.9 Å². The molecule has 7 heteroatoms. The highest BCUT2D eigenvalue weighted by Crippen LogP contribution is 2.29. The van der Waals surface area contributed by atoms with Crippen molar-refractivity contribution in [2.75, 3.05) is 14.2 Å². The first-order valence-corrected chi connectivity index (χ1v) is 9.53. The highest BCUT2D eigenvalue weighted by atomic mass is 16.5. The normalized spacial score (nSPS) is 14.9. The molecule has 0 atom stereocenters. The van der Waals surface area contributed by atoms with Crippen LogP contribution < -0.4 is 20.3 Å². The molecule has 27 heavy (non-hydrogen) atoms. The topological polar surface area (TPSA) is 82.5 Å². The first kappa shape index (κ1) is 19.2. The van der Waals surface area contributed by atoms with E-state index in [4.69, 9.17) is 9.47 Å². The number of nitrogens with zero attached hydrogens (tertiary/aromatic N) is 2. The van der Waals surface area contributed by atoms with Gasteiger partial charge in [0.2, 0.25) is 5.91 Å². The van der Waals surface area contributed by atoms with Crippen molar-refractivity contribution >= 4 is 16.8 Å². The van der Waals surface area contributed by atoms with E-state index >= 15 is 0 Å². The average Bonchev–Trinajstić information content (AvgIpc) is 2.69. The molecule has 146 valence electrons. The molecule has 1 heterocycles. The van der Waals surface area contributed by atoms with E-state index in [1.54, 1.807) is 23.8 Å². The second-order valence-electron chi connectivity index (χ2n) is 6.97. The Morgan fingerprint density at radius 1 is 1.19 bits per heavy atom. The number of nitrogens with one attached hydrogen (secondary N) is 1. The van der Waals surface area contributed by atoms with Crippen LogP contribution in [0, 0.1) is 0 Å². The van der Waals surface area contributed by atoms with Crippen LogP contribution in [0.3, 0.4) is 0 Å². The molecule has 2 aromatic rings. The van der Waals surface area contributed by atoms with E-state index in [0.29, 0.717) is 47.8 Å². The molecule has 1 aliphatic rings. The van der Waals surface area contributed by atoms with Crippen molar-refractivity contribution in [1.29, 1.82) is 0 Å². The summed E-state index contributed by atoms with van der Waals surface area (Å²) in [4.78, 5) is 29.2. The van der Waals surface area contributed by atoms with Crippen LogP contribution in [0.5, 0.6) is 11.5 Å². The minimum atomic E-state index is -0.145. The summed E-state index contributed by atoms with van der Waals surface area (Å²) in [6, 6.07) is 3.66. The molecule has 1 aliphatic carbocycles. The van der Waals surface area contributed by atoms with Crippen LogP contribution in [0.15, 0.2) is 23.3 Å². The monoisotopic (exact) mass is 373 g/mol. The quantitative estimate of drug-likeness (QED) is 0.807. The third-order valence-corrected chi connectivity index (χ3v) is 5.10. The lowest BCUT2D eigenvalue weighted by Gasteiger charge is -2.22. The Kier molecular flexibility index (Phi) is 6.32. The van der Waals surface area contributed by atoms with E-state index in [9.17, 15) is 9.59 Å². The molecule has 1 saturated carbocycles. The number of amides is 1. The van der Waals surface area contributed by atoms with Gasteiger partial charge in [-0.15, -0.1) is 0 Å². The Labute approximate surface area is 158 Å². The van der Waals surface area contributed by atoms with Crippen molar-refractivity contribution < 1.29 is 14.3 Å². The van der Waals surface area contributed by atoms with Crippen LogP contribution in [-0.2, 0) is 11.3 Å². The van der Waals surface area contributed by atoms with E-state index in [-0.39, 0.29) is 11.5 Å². The molecule has 7 nitrogen and oxygen atoms in total. The second kappa shape index (κ2) is 8.88. The van der Waals surface area contributed by atoms with Crippen molar-refractivity contribution in [2.24, 2.45) is 0 Å². The fourth-order valence-electron chi connectivity index (χ4n) is 3.60. The lowest BCUT2D eigenvalue weighted by atomic mass is 9.95. The second-order valence-corrected chi connectivity index (χ2v) is 6.97. The third kappa shape index (κ3) is 4.59. The van der Waals surface area contributed by atoms with Gasteiger partial charge in [-0.3, -0.25) is 14.2 Å². The Hall–Kier alpha value is -2.57. The zero-order chi connectivity index (χ0) is 19.2. The van der Waals surface area contributed by atoms with E-state index < -0.39 is 0 Å². The number of carbonyl (C=O) groups is 1. The zero-order valence-electron chi connectivity index (χ0n) is 16.0. The highest BCUT2D eigenvalue weighted by Gasteiger charge is 2.15. The van der Waals surface area contributed by atoms with Crippen molar-refractivity contribution in [2.45, 2.75) is 57.5 Å². The molecule has 0 radical (unpaired) electrons. The summed E-state index contributed by atoms with van der Waals surface area (Å²) in [6.45, 7) is 0.453. The summed E-state index contributed by atoms with van der Waals surface area (Å²) < 4.78 is 12.1. The molecule has 1 aromatic heterocycles. The smallest absolute Gasteiger partial charge is 0.261 e. The SMILES string of the molecule is COc1cc2ncn(CCCC(=O)NC3CCCCC3)c(=O)c2cc1OC. The van der Waals surface area contributed by atoms with Gasteiger partial charge in [-0.25, -0.2) is 4.98 Å². The van der Waals surface area contributed by atoms with Gasteiger partial charge in [0.1, 0.15) is 0 Å². The van der Waals surface area contributed by atoms with Crippen molar-refractivity contribution in [3.05, 3.63) is 28.8 Å². The number of ether oxygens (including phenoxy) is 2. The van der Waals surface area contributed by atoms with Gasteiger partial charge in [-0.1, -0.05) is 19.3 Å². The molecule has 1 aromatic carbocycles. The van der Waals surface area contributed by atoms with Crippen LogP contribution >= 0.6 is 0 Å². The molecule has 0 saturated heterocycles. The lowest BCUT2D eigenvalue weighted by Crippen LogP contribution is -2.36. The highest BCUT2D eigenvalue weighted by molar-refractivity contribution is 5.81. The summed E-state index contributed by atoms with van der Waals surface area (Å²) >= 11 is 0. The molecule has 0 bridgehead atoms. The lowest BCUT2D eigenvalue weighted by molar-refractivity contribution is -0.122. The molecule has 1 N–H and O–H groups in total. The number of hydrogen-bond acceptors (Lipinski definition) is 5. The van der Waals surface area contributed by atoms with Gasteiger partial charge in [0.05, 0.1) is 31.4 Å². The predicted molar refractivity (Wildman–Crippen MR) is 103 cm³/mol. The third-order valence-electron chi connectivity index (χ3n) is 5.10. The van der Waals surface area contributed by atoms with Crippen molar-refractivity contribution in [3.8, 4) is 11.5 Å². The first-order chi connectivity index (χ1) is 13.1. The van der Waals surface area contributed by atoms with E-state index in [1.807, 2.05) is 0 Å². The van der Waals surface area contributed by atoms with Crippen LogP contribution in [0.4, 0.5) is 0 Å². The molecule has 0 aliphatic heterocycles. The number of benzene rings is 1. The Balaban J connectivity index is 1.63. The molecule has 1 fully saturated rings. The van der Waals surface area contributed by atoms with Crippen molar-refractivity contribution in [3.63, 3.8) is 0 Å². The van der Waals surface area contributed by atoms with E-state index in [1.165, 1.54) is 32.7 Å². The van der Waals surface area contributed by atoms with Gasteiger partial charge in [-0.05, 0) is 25.3 Å². The number of rotatable bonds is 7. The summed E-state index contributed by atoms with van der Waals surface area (Å²) in [5.74, 6) is 1.10. The van der Waals surface area contributed by atoms with E-state index in [0.717, 1.165) is 12.8 Å². The summed E-state index contributed by atoms with van der Waals surface area (Å²) in [6.07, 6.45) is 8.33. The standard InChI is InChI=1S/C20H27N3O4/c1-26-17-11-15-16(12-18(17)27-2)21-13-23(20(15)25)10-6-9-19(24)22-14-7-4-3-5-8-14/h11-14H,3-10H2,1-2H3,(H,22,24). The van der Waals surface area contributed by atoms with Gasteiger partial charge in [-0.2, -0.15) is 0 Å². The minimum absolute atomic E-state index is 0.0649. The summed E-state index contributed by atoms with van der Waals surface area (Å²) in [7, 11) is 3.08. The van der Waals surface area contributed by atoms with Crippen LogP contribution in [-0.4, -0.2) is 35.7 Å². The summed E-state index contributed by atoms with van der Waals surface area (Å²) in [5.41, 5.74) is 0.414. The molecule has 0 spiro atoms. The number of aromatic nitrogens is 2. The minimum Gasteiger partial charge on any atom is -0.493 e. The first-order valence-electron chi connectivity index (χ1n) is 9.53. The summed E-state index contributed by atoms with van der Waals surface area (Å²) in [5, 5.41) is 3.58.